The van der Waals surface area contributed by atoms with Crippen LogP contribution in [0.4, 0.5) is 0 Å². The van der Waals surface area contributed by atoms with Crippen molar-refractivity contribution in [3.63, 3.8) is 0 Å². The molecule has 0 amide bonds. The van der Waals surface area contributed by atoms with Crippen LogP contribution >= 0.6 is 15.9 Å². The maximum atomic E-state index is 11.9. The predicted molar refractivity (Wildman–Crippen MR) is 69.9 cm³/mol. The predicted octanol–water partition coefficient (Wildman–Crippen LogP) is 1.37. The van der Waals surface area contributed by atoms with Gasteiger partial charge in [-0.1, -0.05) is 5.92 Å². The fourth-order valence-electron chi connectivity index (χ4n) is 1.27. The van der Waals surface area contributed by atoms with Crippen molar-refractivity contribution in [1.29, 1.82) is 0 Å². The van der Waals surface area contributed by atoms with Crippen LogP contribution in [0.15, 0.2) is 21.5 Å². The summed E-state index contributed by atoms with van der Waals surface area (Å²) in [5.74, 6) is 0.948. The molecule has 0 saturated carbocycles. The second-order valence-corrected chi connectivity index (χ2v) is 5.97. The molecule has 1 aromatic rings. The fraction of sp³-hybridized carbons (Fsp3) is 0.182. The summed E-state index contributed by atoms with van der Waals surface area (Å²) in [7, 11) is -3.83. The highest BCUT2D eigenvalue weighted by Gasteiger charge is 2.20. The Morgan fingerprint density at radius 1 is 1.56 bits per heavy atom. The zero-order chi connectivity index (χ0) is 13.9. The molecule has 96 valence electrons. The van der Waals surface area contributed by atoms with Crippen molar-refractivity contribution in [2.75, 3.05) is 6.54 Å². The minimum absolute atomic E-state index is 0.100. The molecule has 0 atom stereocenters. The van der Waals surface area contributed by atoms with E-state index < -0.39 is 16.0 Å². The second kappa shape index (κ2) is 5.52. The lowest BCUT2D eigenvalue weighted by Crippen LogP contribution is -2.24. The smallest absolute Gasteiger partial charge is 0.335 e. The van der Waals surface area contributed by atoms with Crippen LogP contribution in [0, 0.1) is 19.3 Å². The van der Waals surface area contributed by atoms with Gasteiger partial charge in [0, 0.05) is 4.47 Å². The van der Waals surface area contributed by atoms with E-state index in [1.54, 1.807) is 6.92 Å². The van der Waals surface area contributed by atoms with E-state index in [0.717, 1.165) is 6.07 Å². The number of halogens is 1. The van der Waals surface area contributed by atoms with Crippen molar-refractivity contribution >= 4 is 31.9 Å². The van der Waals surface area contributed by atoms with E-state index in [4.69, 9.17) is 11.5 Å². The van der Waals surface area contributed by atoms with Gasteiger partial charge in [0.2, 0.25) is 10.0 Å². The van der Waals surface area contributed by atoms with Gasteiger partial charge in [0.25, 0.3) is 0 Å². The van der Waals surface area contributed by atoms with Crippen LogP contribution in [0.25, 0.3) is 0 Å². The van der Waals surface area contributed by atoms with Crippen molar-refractivity contribution < 1.29 is 18.3 Å². The Balaban J connectivity index is 3.41. The molecule has 0 aliphatic heterocycles. The summed E-state index contributed by atoms with van der Waals surface area (Å²) >= 11 is 3.13. The Morgan fingerprint density at radius 3 is 2.67 bits per heavy atom. The van der Waals surface area contributed by atoms with Crippen molar-refractivity contribution in [3.8, 4) is 12.3 Å². The maximum absolute atomic E-state index is 11.9. The van der Waals surface area contributed by atoms with Crippen molar-refractivity contribution in [2.45, 2.75) is 11.8 Å². The first kappa shape index (κ1) is 14.7. The lowest BCUT2D eigenvalue weighted by Gasteiger charge is -2.10. The third-order valence-electron chi connectivity index (χ3n) is 2.12. The van der Waals surface area contributed by atoms with E-state index in [2.05, 4.69) is 26.6 Å². The van der Waals surface area contributed by atoms with Gasteiger partial charge in [-0.15, -0.1) is 6.42 Å². The zero-order valence-electron chi connectivity index (χ0n) is 9.40. The summed E-state index contributed by atoms with van der Waals surface area (Å²) in [5, 5.41) is 8.90. The largest absolute Gasteiger partial charge is 0.478 e. The van der Waals surface area contributed by atoms with Crippen LogP contribution < -0.4 is 4.72 Å². The SMILES string of the molecule is C#CCNS(=O)(=O)c1cc(C(=O)O)cc(C)c1Br. The fourth-order valence-corrected chi connectivity index (χ4v) is 3.25. The third-order valence-corrected chi connectivity index (χ3v) is 4.86. The molecule has 5 nitrogen and oxygen atoms in total. The van der Waals surface area contributed by atoms with Crippen LogP contribution in [-0.4, -0.2) is 26.0 Å². The van der Waals surface area contributed by atoms with Crippen molar-refractivity contribution in [2.24, 2.45) is 0 Å². The molecule has 0 aromatic heterocycles. The van der Waals surface area contributed by atoms with Gasteiger partial charge in [-0.3, -0.25) is 0 Å². The number of hydrogen-bond acceptors (Lipinski definition) is 3. The highest BCUT2D eigenvalue weighted by molar-refractivity contribution is 9.10. The molecule has 0 bridgehead atoms. The number of terminal acetylenes is 1. The molecule has 1 rings (SSSR count). The molecule has 0 radical (unpaired) electrons. The average Bonchev–Trinajstić information content (AvgIpc) is 2.29. The lowest BCUT2D eigenvalue weighted by atomic mass is 10.1. The van der Waals surface area contributed by atoms with Crippen LogP contribution in [0.2, 0.25) is 0 Å². The molecule has 7 heteroatoms. The topological polar surface area (TPSA) is 83.5 Å². The first-order valence-corrected chi connectivity index (χ1v) is 7.03. The average molecular weight is 332 g/mol. The number of hydrogen-bond donors (Lipinski definition) is 2. The molecule has 18 heavy (non-hydrogen) atoms. The molecular formula is C11H10BrNO4S. The zero-order valence-corrected chi connectivity index (χ0v) is 11.8. The highest BCUT2D eigenvalue weighted by atomic mass is 79.9. The lowest BCUT2D eigenvalue weighted by molar-refractivity contribution is 0.0696. The Bertz CT molecular complexity index is 631. The Kier molecular flexibility index (Phi) is 4.51. The summed E-state index contributed by atoms with van der Waals surface area (Å²) in [6, 6.07) is 2.46. The maximum Gasteiger partial charge on any atom is 0.335 e. The third kappa shape index (κ3) is 3.10. The number of aryl methyl sites for hydroxylation is 1. The van der Waals surface area contributed by atoms with Crippen molar-refractivity contribution in [1.82, 2.24) is 4.72 Å². The van der Waals surface area contributed by atoms with E-state index in [9.17, 15) is 13.2 Å². The quantitative estimate of drug-likeness (QED) is 0.816. The first-order chi connectivity index (χ1) is 8.29. The van der Waals surface area contributed by atoms with Crippen LogP contribution in [0.3, 0.4) is 0 Å². The van der Waals surface area contributed by atoms with E-state index >= 15 is 0 Å². The minimum Gasteiger partial charge on any atom is -0.478 e. The monoisotopic (exact) mass is 331 g/mol. The molecule has 0 fully saturated rings. The summed E-state index contributed by atoms with van der Waals surface area (Å²) in [5.41, 5.74) is 0.410. The minimum atomic E-state index is -3.83. The van der Waals surface area contributed by atoms with E-state index in [0.29, 0.717) is 10.0 Å². The van der Waals surface area contributed by atoms with Gasteiger partial charge >= 0.3 is 5.97 Å². The molecule has 0 saturated heterocycles. The van der Waals surface area contributed by atoms with E-state index in [1.165, 1.54) is 6.07 Å². The van der Waals surface area contributed by atoms with Gasteiger partial charge in [0.05, 0.1) is 17.0 Å². The van der Waals surface area contributed by atoms with Gasteiger partial charge in [-0.05, 0) is 40.5 Å². The summed E-state index contributed by atoms with van der Waals surface area (Å²) < 4.78 is 26.3. The molecule has 0 unspecified atom stereocenters. The molecule has 1 aromatic carbocycles. The Labute approximate surface area is 113 Å². The number of carbonyl (C=O) groups is 1. The molecular weight excluding hydrogens is 322 g/mol. The van der Waals surface area contributed by atoms with Crippen molar-refractivity contribution in [3.05, 3.63) is 27.7 Å². The Morgan fingerprint density at radius 2 is 2.17 bits per heavy atom. The Hall–Kier alpha value is -1.36. The van der Waals surface area contributed by atoms with Crippen LogP contribution in [0.5, 0.6) is 0 Å². The number of carboxylic acids is 1. The summed E-state index contributed by atoms with van der Waals surface area (Å²) in [6.45, 7) is 1.45. The van der Waals surface area contributed by atoms with Gasteiger partial charge in [0.15, 0.2) is 0 Å². The number of rotatable bonds is 4. The number of benzene rings is 1. The van der Waals surface area contributed by atoms with Gasteiger partial charge in [-0.25, -0.2) is 13.2 Å². The van der Waals surface area contributed by atoms with Gasteiger partial charge in [-0.2, -0.15) is 4.72 Å². The molecule has 0 spiro atoms. The standard InChI is InChI=1S/C11H10BrNO4S/c1-3-4-13-18(16,17)9-6-8(11(14)15)5-7(2)10(9)12/h1,5-6,13H,4H2,2H3,(H,14,15). The number of aromatic carboxylic acids is 1. The van der Waals surface area contributed by atoms with Gasteiger partial charge < -0.3 is 5.11 Å². The second-order valence-electron chi connectivity index (χ2n) is 3.44. The van der Waals surface area contributed by atoms with Crippen LogP contribution in [-0.2, 0) is 10.0 Å². The van der Waals surface area contributed by atoms with E-state index in [-0.39, 0.29) is 17.0 Å². The first-order valence-electron chi connectivity index (χ1n) is 4.76. The van der Waals surface area contributed by atoms with Crippen LogP contribution in [0.1, 0.15) is 15.9 Å². The normalized spacial score (nSPS) is 10.9. The van der Waals surface area contributed by atoms with Gasteiger partial charge in [0.1, 0.15) is 0 Å². The number of carboxylic acid groups (broad SMARTS) is 1. The highest BCUT2D eigenvalue weighted by Crippen LogP contribution is 2.27. The molecule has 2 N–H and O–H groups in total. The molecule has 0 aliphatic carbocycles. The molecule has 0 aliphatic rings. The molecule has 0 heterocycles. The number of nitrogens with one attached hydrogen (secondary N) is 1. The summed E-state index contributed by atoms with van der Waals surface area (Å²) in [4.78, 5) is 10.8. The summed E-state index contributed by atoms with van der Waals surface area (Å²) in [6.07, 6.45) is 4.98. The number of sulfonamides is 1. The van der Waals surface area contributed by atoms with E-state index in [1.807, 2.05) is 0 Å².